The van der Waals surface area contributed by atoms with Crippen LogP contribution in [0.3, 0.4) is 0 Å². The average Bonchev–Trinajstić information content (AvgIpc) is 3.36. The molecule has 0 spiro atoms. The summed E-state index contributed by atoms with van der Waals surface area (Å²) in [6.07, 6.45) is -2.05. The van der Waals surface area contributed by atoms with Crippen LogP contribution >= 0.6 is 0 Å². The van der Waals surface area contributed by atoms with Crippen molar-refractivity contribution in [2.75, 3.05) is 19.8 Å². The van der Waals surface area contributed by atoms with Crippen molar-refractivity contribution in [2.45, 2.75) is 127 Å². The van der Waals surface area contributed by atoms with E-state index in [4.69, 9.17) is 22.9 Å². The van der Waals surface area contributed by atoms with E-state index in [0.717, 1.165) is 6.92 Å². The van der Waals surface area contributed by atoms with Gasteiger partial charge in [0.15, 0.2) is 5.96 Å². The van der Waals surface area contributed by atoms with Crippen LogP contribution in [0.1, 0.15) is 70.4 Å². The molecule has 0 saturated carbocycles. The molecule has 9 amide bonds. The van der Waals surface area contributed by atoms with E-state index < -0.39 is 146 Å². The first-order valence-corrected chi connectivity index (χ1v) is 24.2. The van der Waals surface area contributed by atoms with Gasteiger partial charge in [-0.3, -0.25) is 52.9 Å². The van der Waals surface area contributed by atoms with Crippen LogP contribution in [0.15, 0.2) is 59.6 Å². The van der Waals surface area contributed by atoms with Gasteiger partial charge >= 0.3 is 11.9 Å². The number of nitrogens with one attached hydrogen (secondary N) is 8. The van der Waals surface area contributed by atoms with E-state index >= 15 is 0 Å². The van der Waals surface area contributed by atoms with E-state index in [2.05, 4.69) is 47.5 Å². The number of aliphatic hydroxyl groups is 2. The van der Waals surface area contributed by atoms with E-state index in [1.54, 1.807) is 44.2 Å². The van der Waals surface area contributed by atoms with Crippen LogP contribution in [0.4, 0.5) is 0 Å². The zero-order valence-corrected chi connectivity index (χ0v) is 42.7. The molecule has 424 valence electrons. The summed E-state index contributed by atoms with van der Waals surface area (Å²) in [6, 6.07) is -0.123. The number of carboxylic acid groups (broad SMARTS) is 2. The van der Waals surface area contributed by atoms with Crippen molar-refractivity contribution in [3.05, 3.63) is 65.7 Å². The number of hydrogen-bond donors (Lipinski definition) is 17. The van der Waals surface area contributed by atoms with Crippen molar-refractivity contribution in [3.8, 4) is 5.75 Å². The Morgan fingerprint density at radius 2 is 1.00 bits per heavy atom. The minimum absolute atomic E-state index is 0.0547. The summed E-state index contributed by atoms with van der Waals surface area (Å²) in [7, 11) is 0. The summed E-state index contributed by atoms with van der Waals surface area (Å²) in [4.78, 5) is 147. The third-order valence-corrected chi connectivity index (χ3v) is 11.3. The number of carbonyl (C=O) groups excluding carboxylic acids is 9. The second-order valence-electron chi connectivity index (χ2n) is 18.2. The number of hydrogen-bond acceptors (Lipinski definition) is 16. The third kappa shape index (κ3) is 24.2. The van der Waals surface area contributed by atoms with Crippen molar-refractivity contribution < 1.29 is 78.3 Å². The first kappa shape index (κ1) is 64.7. The Bertz CT molecular complexity index is 2390. The Morgan fingerprint density at radius 1 is 0.532 bits per heavy atom. The summed E-state index contributed by atoms with van der Waals surface area (Å²) < 4.78 is 0. The number of carbonyl (C=O) groups is 11. The molecule has 0 radical (unpaired) electrons. The first-order valence-electron chi connectivity index (χ1n) is 24.2. The molecule has 0 aliphatic carbocycles. The van der Waals surface area contributed by atoms with Gasteiger partial charge in [0.25, 0.3) is 0 Å². The Morgan fingerprint density at radius 3 is 1.53 bits per heavy atom. The monoisotopic (exact) mass is 1090 g/mol. The van der Waals surface area contributed by atoms with Crippen LogP contribution in [0.25, 0.3) is 0 Å². The average molecular weight is 1090 g/mol. The number of primary amides is 1. The highest BCUT2D eigenvalue weighted by molar-refractivity contribution is 5.99. The Labute approximate surface area is 442 Å². The van der Waals surface area contributed by atoms with E-state index in [0.29, 0.717) is 11.1 Å². The number of phenolic OH excluding ortho intramolecular Hbond substituents is 1. The number of guanidine groups is 1. The van der Waals surface area contributed by atoms with Crippen LogP contribution in [-0.2, 0) is 65.6 Å². The maximum Gasteiger partial charge on any atom is 0.326 e. The van der Waals surface area contributed by atoms with E-state index in [9.17, 15) is 78.3 Å². The number of rotatable bonds is 34. The number of aliphatic hydroxyl groups excluding tert-OH is 2. The van der Waals surface area contributed by atoms with Crippen molar-refractivity contribution >= 4 is 71.1 Å². The number of amides is 9. The van der Waals surface area contributed by atoms with Crippen molar-refractivity contribution in [2.24, 2.45) is 33.8 Å². The van der Waals surface area contributed by atoms with Gasteiger partial charge in [0, 0.05) is 19.4 Å². The minimum Gasteiger partial charge on any atom is -0.508 e. The molecule has 9 atom stereocenters. The number of aliphatic carboxylic acids is 2. The second-order valence-corrected chi connectivity index (χ2v) is 18.2. The lowest BCUT2D eigenvalue weighted by atomic mass is 10.00. The molecule has 0 fully saturated rings. The van der Waals surface area contributed by atoms with E-state index in [1.807, 2.05) is 0 Å². The smallest absolute Gasteiger partial charge is 0.326 e. The summed E-state index contributed by atoms with van der Waals surface area (Å²) in [6.45, 7) is 2.31. The van der Waals surface area contributed by atoms with Crippen LogP contribution in [-0.4, -0.2) is 171 Å². The third-order valence-electron chi connectivity index (χ3n) is 11.3. The largest absolute Gasteiger partial charge is 0.508 e. The molecule has 29 heteroatoms. The molecular formula is C48H71N13O16. The number of carboxylic acids is 2. The Balaban J connectivity index is 2.20. The predicted octanol–water partition coefficient (Wildman–Crippen LogP) is -5.69. The molecule has 2 aromatic rings. The summed E-state index contributed by atoms with van der Waals surface area (Å²) in [5.41, 5.74) is 23.1. The number of nitrogens with two attached hydrogens (primary N) is 4. The lowest BCUT2D eigenvalue weighted by Gasteiger charge is -2.27. The molecule has 2 rings (SSSR count). The normalized spacial score (nSPS) is 14.4. The molecule has 0 unspecified atom stereocenters. The molecule has 0 aromatic heterocycles. The number of aliphatic imine (C=N–C) groups is 1. The van der Waals surface area contributed by atoms with Gasteiger partial charge in [-0.15, -0.1) is 0 Å². The molecule has 2 aromatic carbocycles. The van der Waals surface area contributed by atoms with Gasteiger partial charge in [0.1, 0.15) is 54.1 Å². The lowest BCUT2D eigenvalue weighted by molar-refractivity contribution is -0.142. The molecule has 0 aliphatic rings. The molecule has 21 N–H and O–H groups in total. The molecule has 29 nitrogen and oxygen atoms in total. The van der Waals surface area contributed by atoms with Gasteiger partial charge in [-0.05, 0) is 68.2 Å². The van der Waals surface area contributed by atoms with Crippen LogP contribution in [0.2, 0.25) is 0 Å². The minimum atomic E-state index is -1.89. The van der Waals surface area contributed by atoms with Crippen molar-refractivity contribution in [1.82, 2.24) is 42.5 Å². The van der Waals surface area contributed by atoms with Gasteiger partial charge in [-0.1, -0.05) is 56.3 Å². The summed E-state index contributed by atoms with van der Waals surface area (Å²) in [5, 5.41) is 67.8. The van der Waals surface area contributed by atoms with Gasteiger partial charge in [0.2, 0.25) is 53.2 Å². The molecule has 0 aliphatic heterocycles. The van der Waals surface area contributed by atoms with Gasteiger partial charge in [-0.2, -0.15) is 0 Å². The van der Waals surface area contributed by atoms with E-state index in [1.165, 1.54) is 24.3 Å². The fourth-order valence-electron chi connectivity index (χ4n) is 7.15. The number of nitrogens with zero attached hydrogens (tertiary/aromatic N) is 1. The Hall–Kier alpha value is -8.44. The summed E-state index contributed by atoms with van der Waals surface area (Å²) in [5.74, 6) is -13.1. The molecule has 77 heavy (non-hydrogen) atoms. The van der Waals surface area contributed by atoms with E-state index in [-0.39, 0.29) is 62.7 Å². The quantitative estimate of drug-likeness (QED) is 0.0176. The second kappa shape index (κ2) is 32.8. The van der Waals surface area contributed by atoms with Crippen LogP contribution in [0.5, 0.6) is 5.75 Å². The number of benzene rings is 2. The first-order chi connectivity index (χ1) is 36.2. The topological polar surface area (TPSA) is 502 Å². The predicted molar refractivity (Wildman–Crippen MR) is 273 cm³/mol. The fraction of sp³-hybridized carbons (Fsp3) is 0.500. The highest BCUT2D eigenvalue weighted by atomic mass is 16.4. The Kier molecular flexibility index (Phi) is 27.5. The van der Waals surface area contributed by atoms with Crippen molar-refractivity contribution in [3.63, 3.8) is 0 Å². The molecule has 0 bridgehead atoms. The highest BCUT2D eigenvalue weighted by Crippen LogP contribution is 2.14. The van der Waals surface area contributed by atoms with Gasteiger partial charge in [0.05, 0.1) is 25.7 Å². The zero-order valence-electron chi connectivity index (χ0n) is 42.7. The zero-order chi connectivity index (χ0) is 57.9. The van der Waals surface area contributed by atoms with Gasteiger partial charge < -0.3 is 91.0 Å². The molecule has 0 saturated heterocycles. The van der Waals surface area contributed by atoms with Crippen LogP contribution < -0.4 is 65.5 Å². The summed E-state index contributed by atoms with van der Waals surface area (Å²) >= 11 is 0. The maximum absolute atomic E-state index is 13.9. The molecule has 0 heterocycles. The van der Waals surface area contributed by atoms with Crippen LogP contribution in [0, 0.1) is 5.92 Å². The molecular weight excluding hydrogens is 1010 g/mol. The fourth-order valence-corrected chi connectivity index (χ4v) is 7.15. The number of phenols is 1. The van der Waals surface area contributed by atoms with Crippen molar-refractivity contribution in [1.29, 1.82) is 0 Å². The lowest BCUT2D eigenvalue weighted by Crippen LogP contribution is -2.61. The SMILES string of the molecule is CC(C)C[C@H](NC(=O)[C@H](CO)NC(=O)[C@H](CO)NC(=O)[C@H](C)NC(=O)[C@H](CC(=O)O)NC(=O)[C@H](CCC(N)=O)NC(=O)[C@@H](N)Cc1ccccc1)C(=O)N[C@@H](Cc1ccc(O)cc1)C(=O)N[C@@H](CCCN=C(N)N)C(=O)O. The highest BCUT2D eigenvalue weighted by Gasteiger charge is 2.35. The van der Waals surface area contributed by atoms with Gasteiger partial charge in [-0.25, -0.2) is 4.79 Å². The standard InChI is InChI=1S/C48H71N13O16/c1-24(2)18-32(43(72)58-33(20-27-11-13-28(64)14-12-27)44(73)56-31(47(76)77)10-7-17-53-48(51)52)57-45(74)36(23-63)61-46(75)35(22-62)60-39(68)25(3)54-42(71)34(21-38(66)67)59-41(70)30(15-16-37(50)65)55-40(69)29(49)19-26-8-5-4-6-9-26/h4-6,8-9,11-14,24-25,29-36,62-64H,7,10,15-23,49H2,1-3H3,(H2,50,65)(H,54,71)(H,55,69)(H,56,73)(H,57,74)(H,58,72)(H,59,70)(H,60,68)(H,61,75)(H,66,67)(H,76,77)(H4,51,52,53)/t25-,29-,30-,31-,32-,33-,34-,35-,36-/m0/s1. The maximum atomic E-state index is 13.9. The number of aromatic hydroxyl groups is 1.